The predicted octanol–water partition coefficient (Wildman–Crippen LogP) is 4.44. The number of benzene rings is 2. The van der Waals surface area contributed by atoms with Crippen molar-refractivity contribution in [3.63, 3.8) is 0 Å². The highest BCUT2D eigenvalue weighted by atomic mass is 35.5. The Morgan fingerprint density at radius 1 is 1.14 bits per heavy atom. The van der Waals surface area contributed by atoms with Crippen LogP contribution in [0.15, 0.2) is 53.3 Å². The number of rotatable bonds is 10. The molecule has 2 aromatic heterocycles. The smallest absolute Gasteiger partial charge is 0.327 e. The van der Waals surface area contributed by atoms with Crippen molar-refractivity contribution >= 4 is 28.5 Å². The molecule has 2 heterocycles. The number of esters is 1. The molecule has 4 aromatic rings. The summed E-state index contributed by atoms with van der Waals surface area (Å²) in [6, 6.07) is 15.2. The Kier molecular flexibility index (Phi) is 8.35. The number of carbonyl (C=O) groups is 1. The molecule has 0 radical (unpaired) electrons. The van der Waals surface area contributed by atoms with Crippen LogP contribution in [0.2, 0.25) is 5.02 Å². The fourth-order valence-electron chi connectivity index (χ4n) is 4.61. The van der Waals surface area contributed by atoms with E-state index in [-0.39, 0.29) is 30.7 Å². The lowest BCUT2D eigenvalue weighted by Gasteiger charge is -2.33. The molecule has 0 aliphatic carbocycles. The van der Waals surface area contributed by atoms with Crippen LogP contribution in [0.3, 0.4) is 0 Å². The van der Waals surface area contributed by atoms with Crippen LogP contribution in [0.4, 0.5) is 0 Å². The van der Waals surface area contributed by atoms with Gasteiger partial charge < -0.3 is 9.72 Å². The number of nitrogens with one attached hydrogen (secondary N) is 1. The van der Waals surface area contributed by atoms with E-state index in [2.05, 4.69) is 39.3 Å². The molecule has 194 valence electrons. The maximum atomic E-state index is 13.2. The highest BCUT2D eigenvalue weighted by Crippen LogP contribution is 2.31. The predicted molar refractivity (Wildman–Crippen MR) is 142 cm³/mol. The van der Waals surface area contributed by atoms with Gasteiger partial charge in [0.15, 0.2) is 5.82 Å². The third-order valence-corrected chi connectivity index (χ3v) is 6.67. The zero-order valence-electron chi connectivity index (χ0n) is 21.4. The second-order valence-corrected chi connectivity index (χ2v) is 9.76. The van der Waals surface area contributed by atoms with Crippen LogP contribution in [0.5, 0.6) is 0 Å². The molecule has 0 amide bonds. The minimum atomic E-state index is -0.419. The molecular weight excluding hydrogens is 492 g/mol. The minimum Gasteiger partial charge on any atom is -0.465 e. The van der Waals surface area contributed by atoms with Gasteiger partial charge in [-0.15, -0.1) is 5.10 Å². The molecule has 0 aliphatic rings. The van der Waals surface area contributed by atoms with Crippen molar-refractivity contribution in [1.29, 1.82) is 0 Å². The minimum absolute atomic E-state index is 0.0382. The molecule has 1 unspecified atom stereocenters. The van der Waals surface area contributed by atoms with Gasteiger partial charge in [-0.2, -0.15) is 0 Å². The average molecular weight is 523 g/mol. The third kappa shape index (κ3) is 6.06. The summed E-state index contributed by atoms with van der Waals surface area (Å²) in [5.41, 5.74) is 3.20. The molecule has 9 nitrogen and oxygen atoms in total. The second kappa shape index (κ2) is 11.7. The van der Waals surface area contributed by atoms with E-state index in [4.69, 9.17) is 16.3 Å². The first-order valence-corrected chi connectivity index (χ1v) is 12.7. The molecule has 1 N–H and O–H groups in total. The first kappa shape index (κ1) is 26.5. The summed E-state index contributed by atoms with van der Waals surface area (Å²) < 4.78 is 6.58. The topological polar surface area (TPSA) is 106 Å². The summed E-state index contributed by atoms with van der Waals surface area (Å²) in [5, 5.41) is 13.8. The Morgan fingerprint density at radius 3 is 2.62 bits per heavy atom. The summed E-state index contributed by atoms with van der Waals surface area (Å²) in [6.07, 6.45) is 0. The van der Waals surface area contributed by atoms with Crippen molar-refractivity contribution in [2.75, 3.05) is 6.61 Å². The third-order valence-electron chi connectivity index (χ3n) is 6.30. The quantitative estimate of drug-likeness (QED) is 0.307. The number of aromatic nitrogens is 5. The number of ether oxygens (including phenoxy) is 1. The van der Waals surface area contributed by atoms with Crippen molar-refractivity contribution in [2.45, 2.75) is 53.4 Å². The number of aromatic amines is 1. The van der Waals surface area contributed by atoms with Crippen molar-refractivity contribution in [2.24, 2.45) is 5.92 Å². The maximum Gasteiger partial charge on any atom is 0.327 e. The second-order valence-electron chi connectivity index (χ2n) is 9.35. The molecule has 0 fully saturated rings. The number of tetrazole rings is 1. The standard InChI is InChI=1S/C27H31ClN6O3/c1-5-37-23(35)16-34-26(30-31-32-34)25(17(2)3)33(14-20-10-6-7-12-22(20)28)15-21-13-19-11-8-9-18(4)24(19)29-27(21)36/h6-13,17,25H,5,14-16H2,1-4H3,(H,29,36). The van der Waals surface area contributed by atoms with Crippen LogP contribution in [0.25, 0.3) is 10.9 Å². The molecule has 37 heavy (non-hydrogen) atoms. The number of hydrogen-bond acceptors (Lipinski definition) is 7. The van der Waals surface area contributed by atoms with Gasteiger partial charge in [-0.1, -0.05) is 61.8 Å². The number of hydrogen-bond donors (Lipinski definition) is 1. The zero-order valence-corrected chi connectivity index (χ0v) is 22.2. The Balaban J connectivity index is 1.78. The van der Waals surface area contributed by atoms with E-state index in [1.165, 1.54) is 4.68 Å². The number of nitrogens with zero attached hydrogens (tertiary/aromatic N) is 5. The van der Waals surface area contributed by atoms with Crippen LogP contribution in [-0.2, 0) is 29.2 Å². The fourth-order valence-corrected chi connectivity index (χ4v) is 4.81. The van der Waals surface area contributed by atoms with Gasteiger partial charge >= 0.3 is 5.97 Å². The van der Waals surface area contributed by atoms with Gasteiger partial charge in [-0.25, -0.2) is 4.68 Å². The van der Waals surface area contributed by atoms with Crippen molar-refractivity contribution in [3.8, 4) is 0 Å². The van der Waals surface area contributed by atoms with Crippen molar-refractivity contribution < 1.29 is 9.53 Å². The van der Waals surface area contributed by atoms with E-state index in [1.807, 2.05) is 55.5 Å². The molecule has 4 rings (SSSR count). The van der Waals surface area contributed by atoms with Crippen LogP contribution in [0, 0.1) is 12.8 Å². The van der Waals surface area contributed by atoms with Gasteiger partial charge in [0.05, 0.1) is 18.2 Å². The van der Waals surface area contributed by atoms with Crippen LogP contribution in [0.1, 0.15) is 49.3 Å². The molecule has 0 aliphatic heterocycles. The van der Waals surface area contributed by atoms with E-state index in [9.17, 15) is 9.59 Å². The molecule has 0 bridgehead atoms. The number of aryl methyl sites for hydroxylation is 1. The largest absolute Gasteiger partial charge is 0.465 e. The molecular formula is C27H31ClN6O3. The number of halogens is 1. The van der Waals surface area contributed by atoms with Gasteiger partial charge in [-0.3, -0.25) is 14.5 Å². The monoisotopic (exact) mass is 522 g/mol. The maximum absolute atomic E-state index is 13.2. The van der Waals surface area contributed by atoms with Crippen molar-refractivity contribution in [3.05, 3.63) is 86.4 Å². The van der Waals surface area contributed by atoms with Crippen LogP contribution < -0.4 is 5.56 Å². The van der Waals surface area contributed by atoms with Gasteiger partial charge in [0, 0.05) is 23.7 Å². The summed E-state index contributed by atoms with van der Waals surface area (Å²) >= 11 is 6.54. The normalized spacial score (nSPS) is 12.4. The number of pyridine rings is 1. The lowest BCUT2D eigenvalue weighted by molar-refractivity contribution is -0.144. The highest BCUT2D eigenvalue weighted by Gasteiger charge is 2.31. The first-order valence-electron chi connectivity index (χ1n) is 12.3. The number of H-pyrrole nitrogens is 1. The number of fused-ring (bicyclic) bond motifs is 1. The number of carbonyl (C=O) groups excluding carboxylic acids is 1. The van der Waals surface area contributed by atoms with Gasteiger partial charge in [0.1, 0.15) is 6.54 Å². The SMILES string of the molecule is CCOC(=O)Cn1nnnc1C(C(C)C)N(Cc1ccccc1Cl)Cc1cc2cccc(C)c2[nH]c1=O. The Bertz CT molecular complexity index is 1450. The van der Waals surface area contributed by atoms with Gasteiger partial charge in [0.2, 0.25) is 0 Å². The first-order chi connectivity index (χ1) is 17.8. The van der Waals surface area contributed by atoms with E-state index in [0.717, 1.165) is 22.0 Å². The Morgan fingerprint density at radius 2 is 1.89 bits per heavy atom. The van der Waals surface area contributed by atoms with Crippen molar-refractivity contribution in [1.82, 2.24) is 30.1 Å². The highest BCUT2D eigenvalue weighted by molar-refractivity contribution is 6.31. The molecule has 1 atom stereocenters. The number of para-hydroxylation sites is 1. The van der Waals surface area contributed by atoms with E-state index >= 15 is 0 Å². The molecule has 0 saturated heterocycles. The van der Waals surface area contributed by atoms with Crippen LogP contribution in [-0.4, -0.2) is 42.7 Å². The average Bonchev–Trinajstić information content (AvgIpc) is 3.29. The van der Waals surface area contributed by atoms with Crippen LogP contribution >= 0.6 is 11.6 Å². The molecule has 0 spiro atoms. The van der Waals surface area contributed by atoms with E-state index in [0.29, 0.717) is 29.5 Å². The summed E-state index contributed by atoms with van der Waals surface area (Å²) in [5.74, 6) is 0.136. The lowest BCUT2D eigenvalue weighted by atomic mass is 9.99. The Labute approximate surface area is 220 Å². The lowest BCUT2D eigenvalue weighted by Crippen LogP contribution is -2.36. The van der Waals surface area contributed by atoms with Gasteiger partial charge in [-0.05, 0) is 58.8 Å². The summed E-state index contributed by atoms with van der Waals surface area (Å²) in [4.78, 5) is 30.6. The summed E-state index contributed by atoms with van der Waals surface area (Å²) in [7, 11) is 0. The fraction of sp³-hybridized carbons (Fsp3) is 0.370. The van der Waals surface area contributed by atoms with E-state index < -0.39 is 5.97 Å². The van der Waals surface area contributed by atoms with Gasteiger partial charge in [0.25, 0.3) is 5.56 Å². The summed E-state index contributed by atoms with van der Waals surface area (Å²) in [6.45, 7) is 8.77. The molecule has 2 aromatic carbocycles. The van der Waals surface area contributed by atoms with E-state index in [1.54, 1.807) is 6.92 Å². The molecule has 10 heteroatoms. The Hall–Kier alpha value is -3.56. The zero-order chi connectivity index (χ0) is 26.5. The molecule has 0 saturated carbocycles.